The van der Waals surface area contributed by atoms with Gasteiger partial charge in [0.15, 0.2) is 11.6 Å². The molecule has 3 N–H and O–H groups in total. The fourth-order valence-electron chi connectivity index (χ4n) is 2.34. The molecule has 0 fully saturated rings. The van der Waals surface area contributed by atoms with E-state index in [4.69, 9.17) is 4.74 Å². The highest BCUT2D eigenvalue weighted by atomic mass is 19.1. The van der Waals surface area contributed by atoms with Gasteiger partial charge in [-0.25, -0.2) is 19.2 Å². The first-order chi connectivity index (χ1) is 14.0. The second-order valence-electron chi connectivity index (χ2n) is 5.75. The molecule has 0 aliphatic rings. The number of ether oxygens (including phenoxy) is 1. The summed E-state index contributed by atoms with van der Waals surface area (Å²) in [5.74, 6) is -1.03. The van der Waals surface area contributed by atoms with Crippen LogP contribution in [0.15, 0.2) is 59.7 Å². The van der Waals surface area contributed by atoms with Gasteiger partial charge in [-0.15, -0.1) is 0 Å². The molecule has 1 aromatic heterocycles. The largest absolute Gasteiger partial charge is 0.508 e. The summed E-state index contributed by atoms with van der Waals surface area (Å²) < 4.78 is 18.8. The fourth-order valence-corrected chi connectivity index (χ4v) is 2.34. The first-order valence-electron chi connectivity index (χ1n) is 8.70. The number of hydrogen-bond acceptors (Lipinski definition) is 8. The molecule has 8 nitrogen and oxygen atoms in total. The number of hydrogen-bond donors (Lipinski definition) is 3. The molecule has 3 aromatic rings. The van der Waals surface area contributed by atoms with Crippen LogP contribution in [0.5, 0.6) is 5.75 Å². The maximum atomic E-state index is 14.1. The standard InChI is InChI=1S/C20H18FN5O3/c1-2-29-18(28)12-22-13-5-3-6-14(9-13)25-20-23-11-17(21)19(26-20)24-15-7-4-8-16(27)10-15/h3-12,27H,2H2,1H3,(H2,23,24,25,26). The molecule has 0 spiro atoms. The number of nitrogens with zero attached hydrogens (tertiary/aromatic N) is 3. The van der Waals surface area contributed by atoms with E-state index in [1.807, 2.05) is 0 Å². The van der Waals surface area contributed by atoms with Gasteiger partial charge in [-0.1, -0.05) is 12.1 Å². The lowest BCUT2D eigenvalue weighted by atomic mass is 10.3. The zero-order chi connectivity index (χ0) is 20.6. The van der Waals surface area contributed by atoms with Gasteiger partial charge in [-0.2, -0.15) is 4.98 Å². The summed E-state index contributed by atoms with van der Waals surface area (Å²) in [4.78, 5) is 23.5. The molecule has 0 atom stereocenters. The van der Waals surface area contributed by atoms with Crippen LogP contribution >= 0.6 is 0 Å². The fraction of sp³-hybridized carbons (Fsp3) is 0.100. The van der Waals surface area contributed by atoms with Gasteiger partial charge >= 0.3 is 5.97 Å². The normalized spacial score (nSPS) is 10.7. The SMILES string of the molecule is CCOC(=O)C=Nc1cccc(Nc2ncc(F)c(Nc3cccc(O)c3)n2)c1. The van der Waals surface area contributed by atoms with Crippen LogP contribution in [0.2, 0.25) is 0 Å². The predicted molar refractivity (Wildman–Crippen MR) is 108 cm³/mol. The Hall–Kier alpha value is -4.01. The summed E-state index contributed by atoms with van der Waals surface area (Å²) >= 11 is 0. The number of aromatic nitrogens is 2. The van der Waals surface area contributed by atoms with Crippen molar-refractivity contribution in [3.63, 3.8) is 0 Å². The molecule has 0 aliphatic heterocycles. The third kappa shape index (κ3) is 5.73. The van der Waals surface area contributed by atoms with Crippen molar-refractivity contribution in [2.45, 2.75) is 6.92 Å². The zero-order valence-electron chi connectivity index (χ0n) is 15.5. The second kappa shape index (κ2) is 9.27. The Balaban J connectivity index is 1.75. The molecule has 0 saturated heterocycles. The highest BCUT2D eigenvalue weighted by Crippen LogP contribution is 2.24. The van der Waals surface area contributed by atoms with E-state index in [1.54, 1.807) is 43.3 Å². The Morgan fingerprint density at radius 2 is 1.97 bits per heavy atom. The van der Waals surface area contributed by atoms with Crippen molar-refractivity contribution in [1.29, 1.82) is 0 Å². The van der Waals surface area contributed by atoms with Crippen LogP contribution < -0.4 is 10.6 Å². The molecule has 29 heavy (non-hydrogen) atoms. The van der Waals surface area contributed by atoms with E-state index in [1.165, 1.54) is 12.1 Å². The number of aliphatic imine (C=N–C) groups is 1. The van der Waals surface area contributed by atoms with Gasteiger partial charge in [-0.3, -0.25) is 0 Å². The number of halogens is 1. The number of phenols is 1. The van der Waals surface area contributed by atoms with Gasteiger partial charge in [0, 0.05) is 17.4 Å². The van der Waals surface area contributed by atoms with Gasteiger partial charge in [0.05, 0.1) is 18.5 Å². The van der Waals surface area contributed by atoms with Crippen LogP contribution in [-0.4, -0.2) is 33.9 Å². The van der Waals surface area contributed by atoms with E-state index < -0.39 is 11.8 Å². The van der Waals surface area contributed by atoms with Gasteiger partial charge < -0.3 is 20.5 Å². The number of rotatable bonds is 7. The third-order valence-electron chi connectivity index (χ3n) is 3.56. The molecule has 0 amide bonds. The van der Waals surface area contributed by atoms with Crippen LogP contribution in [-0.2, 0) is 9.53 Å². The van der Waals surface area contributed by atoms with Crippen molar-refractivity contribution in [1.82, 2.24) is 9.97 Å². The number of phenolic OH excluding ortho intramolecular Hbond substituents is 1. The maximum Gasteiger partial charge on any atom is 0.349 e. The lowest BCUT2D eigenvalue weighted by molar-refractivity contribution is -0.134. The third-order valence-corrected chi connectivity index (χ3v) is 3.56. The summed E-state index contributed by atoms with van der Waals surface area (Å²) in [6.45, 7) is 1.98. The number of benzene rings is 2. The predicted octanol–water partition coefficient (Wildman–Crippen LogP) is 4.07. The number of nitrogens with one attached hydrogen (secondary N) is 2. The molecular weight excluding hydrogens is 377 g/mol. The molecule has 0 unspecified atom stereocenters. The van der Waals surface area contributed by atoms with Crippen molar-refractivity contribution in [2.75, 3.05) is 17.2 Å². The minimum Gasteiger partial charge on any atom is -0.508 e. The number of anilines is 4. The quantitative estimate of drug-likeness (QED) is 0.409. The van der Waals surface area contributed by atoms with Crippen LogP contribution in [0.4, 0.5) is 33.2 Å². The van der Waals surface area contributed by atoms with Gasteiger partial charge in [-0.05, 0) is 37.3 Å². The smallest absolute Gasteiger partial charge is 0.349 e. The van der Waals surface area contributed by atoms with E-state index >= 15 is 0 Å². The summed E-state index contributed by atoms with van der Waals surface area (Å²) in [7, 11) is 0. The average Bonchev–Trinajstić information content (AvgIpc) is 2.70. The van der Waals surface area contributed by atoms with Gasteiger partial charge in [0.2, 0.25) is 5.95 Å². The van der Waals surface area contributed by atoms with Crippen LogP contribution in [0, 0.1) is 5.82 Å². The van der Waals surface area contributed by atoms with Crippen molar-refractivity contribution in [3.05, 3.63) is 60.5 Å². The van der Waals surface area contributed by atoms with E-state index in [0.717, 1.165) is 12.4 Å². The number of esters is 1. The van der Waals surface area contributed by atoms with E-state index in [9.17, 15) is 14.3 Å². The number of aromatic hydroxyl groups is 1. The van der Waals surface area contributed by atoms with Gasteiger partial charge in [0.25, 0.3) is 0 Å². The van der Waals surface area contributed by atoms with Crippen molar-refractivity contribution in [3.8, 4) is 5.75 Å². The average molecular weight is 395 g/mol. The second-order valence-corrected chi connectivity index (χ2v) is 5.75. The van der Waals surface area contributed by atoms with Crippen molar-refractivity contribution >= 4 is 41.0 Å². The Bertz CT molecular complexity index is 1040. The van der Waals surface area contributed by atoms with E-state index in [0.29, 0.717) is 17.1 Å². The Kier molecular flexibility index (Phi) is 6.31. The molecule has 2 aromatic carbocycles. The summed E-state index contributed by atoms with van der Waals surface area (Å²) in [6.07, 6.45) is 2.12. The number of carbonyl (C=O) groups excluding carboxylic acids is 1. The Labute approximate surface area is 166 Å². The lowest BCUT2D eigenvalue weighted by Gasteiger charge is -2.10. The lowest BCUT2D eigenvalue weighted by Crippen LogP contribution is -2.04. The van der Waals surface area contributed by atoms with Crippen molar-refractivity contribution < 1.29 is 19.0 Å². The molecule has 0 bridgehead atoms. The molecule has 148 valence electrons. The van der Waals surface area contributed by atoms with E-state index in [2.05, 4.69) is 25.6 Å². The summed E-state index contributed by atoms with van der Waals surface area (Å²) in [5.41, 5.74) is 1.59. The van der Waals surface area contributed by atoms with E-state index in [-0.39, 0.29) is 24.1 Å². The zero-order valence-corrected chi connectivity index (χ0v) is 15.5. The Morgan fingerprint density at radius 3 is 2.72 bits per heavy atom. The minimum atomic E-state index is -0.647. The molecule has 3 rings (SSSR count). The summed E-state index contributed by atoms with van der Waals surface area (Å²) in [5, 5.41) is 15.3. The minimum absolute atomic E-state index is 0.0444. The Morgan fingerprint density at radius 1 is 1.21 bits per heavy atom. The maximum absolute atomic E-state index is 14.1. The first kappa shape index (κ1) is 19.7. The highest BCUT2D eigenvalue weighted by Gasteiger charge is 2.08. The van der Waals surface area contributed by atoms with Crippen LogP contribution in [0.1, 0.15) is 6.92 Å². The molecule has 9 heteroatoms. The molecular formula is C20H18FN5O3. The monoisotopic (exact) mass is 395 g/mol. The molecule has 0 radical (unpaired) electrons. The van der Waals surface area contributed by atoms with Gasteiger partial charge in [0.1, 0.15) is 12.0 Å². The highest BCUT2D eigenvalue weighted by molar-refractivity contribution is 6.23. The summed E-state index contributed by atoms with van der Waals surface area (Å²) in [6, 6.07) is 13.1. The van der Waals surface area contributed by atoms with Crippen LogP contribution in [0.3, 0.4) is 0 Å². The van der Waals surface area contributed by atoms with Crippen LogP contribution in [0.25, 0.3) is 0 Å². The van der Waals surface area contributed by atoms with Crippen molar-refractivity contribution in [2.24, 2.45) is 4.99 Å². The molecule has 0 saturated carbocycles. The number of carbonyl (C=O) groups is 1. The topological polar surface area (TPSA) is 109 Å². The molecule has 0 aliphatic carbocycles. The molecule has 1 heterocycles. The first-order valence-corrected chi connectivity index (χ1v) is 8.70.